The lowest BCUT2D eigenvalue weighted by molar-refractivity contribution is -0.123. The number of amides is 2. The van der Waals surface area contributed by atoms with Gasteiger partial charge in [-0.25, -0.2) is 4.99 Å². The van der Waals surface area contributed by atoms with E-state index in [1.165, 1.54) is 0 Å². The summed E-state index contributed by atoms with van der Waals surface area (Å²) < 4.78 is 0. The van der Waals surface area contributed by atoms with Crippen LogP contribution in [-0.2, 0) is 11.3 Å². The molecule has 1 aromatic rings. The predicted octanol–water partition coefficient (Wildman–Crippen LogP) is 0.467. The van der Waals surface area contributed by atoms with Gasteiger partial charge in [-0.2, -0.15) is 0 Å². The van der Waals surface area contributed by atoms with Gasteiger partial charge in [-0.1, -0.05) is 18.2 Å². The fourth-order valence-electron chi connectivity index (χ4n) is 2.16. The van der Waals surface area contributed by atoms with Gasteiger partial charge in [-0.3, -0.25) is 9.59 Å². The molecule has 0 radical (unpaired) electrons. The fourth-order valence-corrected chi connectivity index (χ4v) is 2.16. The third-order valence-corrected chi connectivity index (χ3v) is 3.39. The lowest BCUT2D eigenvalue weighted by Crippen LogP contribution is -2.49. The van der Waals surface area contributed by atoms with Gasteiger partial charge in [0.25, 0.3) is 5.91 Å². The molecule has 1 aromatic carbocycles. The number of nitrogens with one attached hydrogen (secondary N) is 2. The number of nitrogens with two attached hydrogens (primary N) is 1. The van der Waals surface area contributed by atoms with Gasteiger partial charge in [0.2, 0.25) is 5.91 Å². The molecule has 0 aromatic heterocycles. The summed E-state index contributed by atoms with van der Waals surface area (Å²) in [4.78, 5) is 29.4. The van der Waals surface area contributed by atoms with Gasteiger partial charge in [-0.15, -0.1) is 30.6 Å². The monoisotopic (exact) mass is 443 g/mol. The largest absolute Gasteiger partial charge is 0.370 e. The molecule has 1 heterocycles. The average molecular weight is 443 g/mol. The number of nitrogens with zero attached hydrogens (tertiary/aromatic N) is 2. The Balaban J connectivity index is 0.00000288. The minimum atomic E-state index is -0.137. The number of hydrogen-bond donors (Lipinski definition) is 3. The molecule has 0 spiro atoms. The first kappa shape index (κ1) is 19.9. The minimum absolute atomic E-state index is 0. The zero-order valence-electron chi connectivity index (χ0n) is 13.3. The molecule has 7 nitrogen and oxygen atoms in total. The van der Waals surface area contributed by atoms with E-state index in [1.54, 1.807) is 23.1 Å². The Bertz CT molecular complexity index is 615. The Morgan fingerprint density at radius 1 is 1.42 bits per heavy atom. The molecule has 0 unspecified atom stereocenters. The maximum absolute atomic E-state index is 12.3. The van der Waals surface area contributed by atoms with Crippen LogP contribution in [0.2, 0.25) is 0 Å². The molecule has 0 atom stereocenters. The van der Waals surface area contributed by atoms with Gasteiger partial charge in [-0.05, 0) is 17.7 Å². The fraction of sp³-hybridized carbons (Fsp3) is 0.312. The van der Waals surface area contributed by atoms with Crippen molar-refractivity contribution in [3.05, 3.63) is 48.0 Å². The predicted molar refractivity (Wildman–Crippen MR) is 104 cm³/mol. The zero-order chi connectivity index (χ0) is 16.7. The topological polar surface area (TPSA) is 99.8 Å². The van der Waals surface area contributed by atoms with Crippen LogP contribution in [-0.4, -0.2) is 48.9 Å². The van der Waals surface area contributed by atoms with Crippen LogP contribution in [0, 0.1) is 0 Å². The second kappa shape index (κ2) is 9.91. The summed E-state index contributed by atoms with van der Waals surface area (Å²) in [6.07, 6.45) is 1.70. The molecule has 0 bridgehead atoms. The summed E-state index contributed by atoms with van der Waals surface area (Å²) >= 11 is 0. The highest BCUT2D eigenvalue weighted by molar-refractivity contribution is 14.0. The highest BCUT2D eigenvalue weighted by atomic mass is 127. The number of halogens is 1. The number of guanidine groups is 1. The Kier molecular flexibility index (Phi) is 8.24. The van der Waals surface area contributed by atoms with Crippen molar-refractivity contribution in [2.45, 2.75) is 6.54 Å². The first-order valence-electron chi connectivity index (χ1n) is 7.39. The van der Waals surface area contributed by atoms with Crippen LogP contribution in [0.25, 0.3) is 0 Å². The normalized spacial score (nSPS) is 14.4. The maximum Gasteiger partial charge on any atom is 0.254 e. The molecule has 2 amide bonds. The number of rotatable bonds is 5. The van der Waals surface area contributed by atoms with E-state index in [2.05, 4.69) is 22.2 Å². The molecule has 1 aliphatic rings. The summed E-state index contributed by atoms with van der Waals surface area (Å²) in [5.74, 6) is 0.0875. The Morgan fingerprint density at radius 3 is 2.75 bits per heavy atom. The van der Waals surface area contributed by atoms with E-state index in [0.29, 0.717) is 37.7 Å². The van der Waals surface area contributed by atoms with Gasteiger partial charge >= 0.3 is 0 Å². The number of carbonyl (C=O) groups is 2. The van der Waals surface area contributed by atoms with Crippen molar-refractivity contribution in [3.8, 4) is 0 Å². The number of hydrogen-bond acceptors (Lipinski definition) is 3. The van der Waals surface area contributed by atoms with Crippen LogP contribution in [0.1, 0.15) is 15.9 Å². The highest BCUT2D eigenvalue weighted by Gasteiger charge is 2.21. The second-order valence-electron chi connectivity index (χ2n) is 5.14. The maximum atomic E-state index is 12.3. The van der Waals surface area contributed by atoms with E-state index in [-0.39, 0.29) is 42.3 Å². The Labute approximate surface area is 158 Å². The van der Waals surface area contributed by atoms with Gasteiger partial charge < -0.3 is 21.3 Å². The van der Waals surface area contributed by atoms with Crippen molar-refractivity contribution >= 4 is 41.8 Å². The smallest absolute Gasteiger partial charge is 0.254 e. The van der Waals surface area contributed by atoms with E-state index in [4.69, 9.17) is 5.73 Å². The zero-order valence-corrected chi connectivity index (χ0v) is 15.7. The van der Waals surface area contributed by atoms with Crippen LogP contribution in [0.5, 0.6) is 0 Å². The van der Waals surface area contributed by atoms with Crippen molar-refractivity contribution in [3.63, 3.8) is 0 Å². The molecule has 4 N–H and O–H groups in total. The van der Waals surface area contributed by atoms with Crippen LogP contribution in [0.15, 0.2) is 41.9 Å². The van der Waals surface area contributed by atoms with Crippen molar-refractivity contribution in [1.29, 1.82) is 0 Å². The van der Waals surface area contributed by atoms with Gasteiger partial charge in [0.1, 0.15) is 0 Å². The molecule has 8 heteroatoms. The third-order valence-electron chi connectivity index (χ3n) is 3.39. The van der Waals surface area contributed by atoms with Crippen molar-refractivity contribution in [1.82, 2.24) is 15.5 Å². The molecule has 0 aliphatic carbocycles. The summed E-state index contributed by atoms with van der Waals surface area (Å²) in [7, 11) is 0. The van der Waals surface area contributed by atoms with Gasteiger partial charge in [0, 0.05) is 25.2 Å². The van der Waals surface area contributed by atoms with Crippen LogP contribution >= 0.6 is 24.0 Å². The van der Waals surface area contributed by atoms with E-state index < -0.39 is 0 Å². The SMILES string of the molecule is C=CCNC(N)=NCc1ccc(C(=O)N2CCNC(=O)C2)cc1.I. The molecular weight excluding hydrogens is 421 g/mol. The molecule has 1 aliphatic heterocycles. The summed E-state index contributed by atoms with van der Waals surface area (Å²) in [5.41, 5.74) is 7.19. The number of piperazine rings is 1. The standard InChI is InChI=1S/C16H21N5O2.HI/c1-2-7-19-16(17)20-10-12-3-5-13(6-4-12)15(23)21-9-8-18-14(22)11-21;/h2-6H,1,7-11H2,(H,18,22)(H3,17,19,20);1H. The Morgan fingerprint density at radius 2 is 2.12 bits per heavy atom. The summed E-state index contributed by atoms with van der Waals surface area (Å²) in [6.45, 7) is 5.71. The van der Waals surface area contributed by atoms with Gasteiger partial charge in [0.15, 0.2) is 5.96 Å². The second-order valence-corrected chi connectivity index (χ2v) is 5.14. The highest BCUT2D eigenvalue weighted by Crippen LogP contribution is 2.09. The molecule has 0 saturated carbocycles. The van der Waals surface area contributed by atoms with Crippen LogP contribution in [0.4, 0.5) is 0 Å². The van der Waals surface area contributed by atoms with Crippen molar-refractivity contribution in [2.24, 2.45) is 10.7 Å². The number of benzene rings is 1. The average Bonchev–Trinajstić information content (AvgIpc) is 2.58. The third kappa shape index (κ3) is 5.84. The quantitative estimate of drug-likeness (QED) is 0.267. The molecular formula is C16H22IN5O2. The summed E-state index contributed by atoms with van der Waals surface area (Å²) in [5, 5.41) is 5.59. The van der Waals surface area contributed by atoms with Gasteiger partial charge in [0.05, 0.1) is 13.1 Å². The van der Waals surface area contributed by atoms with Crippen LogP contribution < -0.4 is 16.4 Å². The molecule has 24 heavy (non-hydrogen) atoms. The number of carbonyl (C=O) groups excluding carboxylic acids is 2. The summed E-state index contributed by atoms with van der Waals surface area (Å²) in [6, 6.07) is 7.16. The van der Waals surface area contributed by atoms with E-state index in [9.17, 15) is 9.59 Å². The first-order valence-corrected chi connectivity index (χ1v) is 7.39. The first-order chi connectivity index (χ1) is 11.1. The lowest BCUT2D eigenvalue weighted by atomic mass is 10.1. The Hall–Kier alpha value is -2.10. The molecule has 1 fully saturated rings. The van der Waals surface area contributed by atoms with E-state index in [1.807, 2.05) is 12.1 Å². The molecule has 130 valence electrons. The molecule has 2 rings (SSSR count). The van der Waals surface area contributed by atoms with E-state index in [0.717, 1.165) is 5.56 Å². The number of aliphatic imine (C=N–C) groups is 1. The minimum Gasteiger partial charge on any atom is -0.370 e. The lowest BCUT2D eigenvalue weighted by Gasteiger charge is -2.26. The van der Waals surface area contributed by atoms with E-state index >= 15 is 0 Å². The van der Waals surface area contributed by atoms with Crippen molar-refractivity contribution in [2.75, 3.05) is 26.2 Å². The van der Waals surface area contributed by atoms with Crippen molar-refractivity contribution < 1.29 is 9.59 Å². The van der Waals surface area contributed by atoms with Crippen LogP contribution in [0.3, 0.4) is 0 Å². The molecule has 1 saturated heterocycles.